The number of anilines is 3. The van der Waals surface area contributed by atoms with E-state index in [9.17, 15) is 0 Å². The van der Waals surface area contributed by atoms with Gasteiger partial charge in [-0.15, -0.1) is 11.3 Å². The third kappa shape index (κ3) is 4.86. The van der Waals surface area contributed by atoms with Gasteiger partial charge in [-0.1, -0.05) is 127 Å². The number of nitrogens with zero attached hydrogens (tertiary/aromatic N) is 1. The zero-order chi connectivity index (χ0) is 34.9. The topological polar surface area (TPSA) is 16.4 Å². The van der Waals surface area contributed by atoms with Crippen molar-refractivity contribution in [2.45, 2.75) is 0 Å². The van der Waals surface area contributed by atoms with Crippen molar-refractivity contribution in [2.75, 3.05) is 4.90 Å². The van der Waals surface area contributed by atoms with Gasteiger partial charge < -0.3 is 9.32 Å². The maximum Gasteiger partial charge on any atom is 0.143 e. The number of rotatable bonds is 5. The molecule has 2 heterocycles. The summed E-state index contributed by atoms with van der Waals surface area (Å²) in [6.07, 6.45) is 0. The number of hydrogen-bond donors (Lipinski definition) is 0. The molecule has 53 heavy (non-hydrogen) atoms. The van der Waals surface area contributed by atoms with Crippen LogP contribution in [0.15, 0.2) is 192 Å². The van der Waals surface area contributed by atoms with E-state index in [1.807, 2.05) is 11.3 Å². The van der Waals surface area contributed by atoms with Crippen molar-refractivity contribution >= 4 is 92.1 Å². The second kappa shape index (κ2) is 11.9. The summed E-state index contributed by atoms with van der Waals surface area (Å²) in [6, 6.07) is 68.1. The highest BCUT2D eigenvalue weighted by atomic mass is 32.1. The van der Waals surface area contributed by atoms with Gasteiger partial charge in [0.1, 0.15) is 11.2 Å². The van der Waals surface area contributed by atoms with Gasteiger partial charge in [0.2, 0.25) is 0 Å². The van der Waals surface area contributed by atoms with Crippen LogP contribution in [0.2, 0.25) is 0 Å². The molecule has 0 saturated heterocycles. The highest BCUT2D eigenvalue weighted by molar-refractivity contribution is 7.25. The molecule has 2 nitrogen and oxygen atoms in total. The van der Waals surface area contributed by atoms with Crippen LogP contribution in [-0.2, 0) is 0 Å². The summed E-state index contributed by atoms with van der Waals surface area (Å²) in [5.41, 5.74) is 9.85. The lowest BCUT2D eigenvalue weighted by Gasteiger charge is -2.29. The normalized spacial score (nSPS) is 11.8. The Kier molecular flexibility index (Phi) is 6.76. The van der Waals surface area contributed by atoms with Gasteiger partial charge in [-0.3, -0.25) is 0 Å². The molecule has 0 bridgehead atoms. The van der Waals surface area contributed by atoms with E-state index in [0.717, 1.165) is 55.5 Å². The average Bonchev–Trinajstić information content (AvgIpc) is 3.79. The second-order valence-electron chi connectivity index (χ2n) is 13.7. The molecule has 0 amide bonds. The monoisotopic (exact) mass is 693 g/mol. The van der Waals surface area contributed by atoms with Gasteiger partial charge >= 0.3 is 0 Å². The molecule has 2 aromatic heterocycles. The molecule has 248 valence electrons. The van der Waals surface area contributed by atoms with Gasteiger partial charge in [0.05, 0.1) is 11.4 Å². The number of benzene rings is 9. The average molecular weight is 694 g/mol. The minimum absolute atomic E-state index is 0.895. The summed E-state index contributed by atoms with van der Waals surface area (Å²) in [7, 11) is 0. The Balaban J connectivity index is 1.11. The van der Waals surface area contributed by atoms with Crippen LogP contribution < -0.4 is 4.90 Å². The summed E-state index contributed by atoms with van der Waals surface area (Å²) < 4.78 is 9.15. The van der Waals surface area contributed by atoms with Crippen molar-refractivity contribution in [3.8, 4) is 22.3 Å². The van der Waals surface area contributed by atoms with Crippen LogP contribution >= 0.6 is 11.3 Å². The quantitative estimate of drug-likeness (QED) is 0.178. The molecule has 0 atom stereocenters. The summed E-state index contributed by atoms with van der Waals surface area (Å²) in [6.45, 7) is 0. The Bertz CT molecular complexity index is 3200. The van der Waals surface area contributed by atoms with E-state index in [0.29, 0.717) is 0 Å². The second-order valence-corrected chi connectivity index (χ2v) is 14.8. The number of furan rings is 1. The smallest absolute Gasteiger partial charge is 0.143 e. The van der Waals surface area contributed by atoms with Gasteiger partial charge in [0, 0.05) is 53.0 Å². The first-order valence-electron chi connectivity index (χ1n) is 18.0. The molecule has 0 unspecified atom stereocenters. The third-order valence-corrected chi connectivity index (χ3v) is 11.8. The molecule has 0 saturated carbocycles. The van der Waals surface area contributed by atoms with Crippen LogP contribution in [-0.4, -0.2) is 0 Å². The van der Waals surface area contributed by atoms with Crippen molar-refractivity contribution in [3.05, 3.63) is 188 Å². The first kappa shape index (κ1) is 30.0. The lowest BCUT2D eigenvalue weighted by molar-refractivity contribution is 0.672. The van der Waals surface area contributed by atoms with E-state index in [1.54, 1.807) is 0 Å². The molecule has 9 aromatic carbocycles. The first-order valence-corrected chi connectivity index (χ1v) is 18.8. The lowest BCUT2D eigenvalue weighted by atomic mass is 9.97. The van der Waals surface area contributed by atoms with Gasteiger partial charge in [-0.25, -0.2) is 0 Å². The SMILES string of the molecule is c1cc(-c2ccc3sc4ccccc4c3c2)cc(N(c2ccccc2-c2ccc3oc4c5ccccc5ccc4c3c2)c2cccc3ccccc23)c1. The molecule has 0 radical (unpaired) electrons. The Hall–Kier alpha value is -6.68. The number of para-hydroxylation sites is 1. The zero-order valence-electron chi connectivity index (χ0n) is 28.7. The van der Waals surface area contributed by atoms with Gasteiger partial charge in [-0.05, 0) is 88.1 Å². The molecule has 3 heteroatoms. The predicted octanol–water partition coefficient (Wildman–Crippen LogP) is 15.1. The maximum absolute atomic E-state index is 6.51. The van der Waals surface area contributed by atoms with E-state index in [-0.39, 0.29) is 0 Å². The van der Waals surface area contributed by atoms with Crippen molar-refractivity contribution in [1.29, 1.82) is 0 Å². The highest BCUT2D eigenvalue weighted by Gasteiger charge is 2.21. The molecule has 11 aromatic rings. The van der Waals surface area contributed by atoms with E-state index in [2.05, 4.69) is 193 Å². The fourth-order valence-corrected chi connectivity index (χ4v) is 9.21. The van der Waals surface area contributed by atoms with Crippen LogP contribution in [0.4, 0.5) is 17.1 Å². The van der Waals surface area contributed by atoms with E-state index < -0.39 is 0 Å². The standard InChI is InChI=1S/C50H31NOS/c1-3-16-38-32(11-1)13-10-21-46(38)51(37-15-9-14-34(29-37)35-25-28-49-44(30-35)41-19-6-8-22-48(41)53-49)45-20-7-5-17-39(45)36-24-27-47-43(31-36)42-26-23-33-12-2-4-18-40(33)50(42)52-47/h1-31H. The predicted molar refractivity (Wildman–Crippen MR) is 227 cm³/mol. The van der Waals surface area contributed by atoms with Crippen molar-refractivity contribution < 1.29 is 4.42 Å². The molecular weight excluding hydrogens is 663 g/mol. The molecule has 0 N–H and O–H groups in total. The largest absolute Gasteiger partial charge is 0.455 e. The van der Waals surface area contributed by atoms with E-state index in [4.69, 9.17) is 4.42 Å². The summed E-state index contributed by atoms with van der Waals surface area (Å²) >= 11 is 1.86. The van der Waals surface area contributed by atoms with Gasteiger partial charge in [0.15, 0.2) is 0 Å². The van der Waals surface area contributed by atoms with Gasteiger partial charge in [0.25, 0.3) is 0 Å². The molecule has 0 spiro atoms. The van der Waals surface area contributed by atoms with E-state index in [1.165, 1.54) is 47.5 Å². The lowest BCUT2D eigenvalue weighted by Crippen LogP contribution is -2.11. The molecule has 0 fully saturated rings. The summed E-state index contributed by atoms with van der Waals surface area (Å²) in [5, 5.41) is 9.59. The Morgan fingerprint density at radius 1 is 0.377 bits per heavy atom. The Morgan fingerprint density at radius 3 is 1.96 bits per heavy atom. The summed E-state index contributed by atoms with van der Waals surface area (Å²) in [5.74, 6) is 0. The van der Waals surface area contributed by atoms with Crippen LogP contribution in [0.5, 0.6) is 0 Å². The van der Waals surface area contributed by atoms with Crippen LogP contribution in [0.25, 0.3) is 85.9 Å². The molecular formula is C50H31NOS. The zero-order valence-corrected chi connectivity index (χ0v) is 29.5. The Labute approximate surface area is 310 Å². The van der Waals surface area contributed by atoms with Crippen molar-refractivity contribution in [1.82, 2.24) is 0 Å². The first-order chi connectivity index (χ1) is 26.3. The van der Waals surface area contributed by atoms with Crippen LogP contribution in [0.3, 0.4) is 0 Å². The molecule has 11 rings (SSSR count). The highest BCUT2D eigenvalue weighted by Crippen LogP contribution is 2.46. The molecule has 0 aliphatic heterocycles. The van der Waals surface area contributed by atoms with Crippen molar-refractivity contribution in [3.63, 3.8) is 0 Å². The van der Waals surface area contributed by atoms with E-state index >= 15 is 0 Å². The molecule has 0 aliphatic carbocycles. The third-order valence-electron chi connectivity index (χ3n) is 10.6. The minimum Gasteiger partial charge on any atom is -0.455 e. The van der Waals surface area contributed by atoms with Crippen LogP contribution in [0, 0.1) is 0 Å². The number of hydrogen-bond acceptors (Lipinski definition) is 3. The fourth-order valence-electron chi connectivity index (χ4n) is 8.13. The maximum atomic E-state index is 6.51. The van der Waals surface area contributed by atoms with Gasteiger partial charge in [-0.2, -0.15) is 0 Å². The fraction of sp³-hybridized carbons (Fsp3) is 0. The number of fused-ring (bicyclic) bond motifs is 9. The van der Waals surface area contributed by atoms with Crippen LogP contribution in [0.1, 0.15) is 0 Å². The summed E-state index contributed by atoms with van der Waals surface area (Å²) in [4.78, 5) is 2.44. The van der Waals surface area contributed by atoms with Crippen molar-refractivity contribution in [2.24, 2.45) is 0 Å². The minimum atomic E-state index is 0.895. The number of thiophene rings is 1. The molecule has 0 aliphatic rings. The Morgan fingerprint density at radius 2 is 1.04 bits per heavy atom.